The number of allylic oxidation sites excluding steroid dienone is 4. The predicted octanol–water partition coefficient (Wildman–Crippen LogP) is 6.88. The molecule has 6 rings (SSSR count). The average molecular weight is 523 g/mol. The van der Waals surface area contributed by atoms with Crippen molar-refractivity contribution in [3.05, 3.63) is 101 Å². The van der Waals surface area contributed by atoms with Crippen LogP contribution in [0.15, 0.2) is 83.2 Å². The van der Waals surface area contributed by atoms with Gasteiger partial charge in [0.25, 0.3) is 0 Å². The van der Waals surface area contributed by atoms with Crippen LogP contribution in [0.25, 0.3) is 10.9 Å². The van der Waals surface area contributed by atoms with Gasteiger partial charge in [-0.05, 0) is 81.8 Å². The van der Waals surface area contributed by atoms with Gasteiger partial charge in [0.2, 0.25) is 12.6 Å². The number of aromatic nitrogens is 1. The Kier molecular flexibility index (Phi) is 8.01. The van der Waals surface area contributed by atoms with Crippen LogP contribution in [-0.4, -0.2) is 34.8 Å². The van der Waals surface area contributed by atoms with E-state index in [-0.39, 0.29) is 12.3 Å². The number of nitrogens with one attached hydrogen (secondary N) is 2. The van der Waals surface area contributed by atoms with Gasteiger partial charge in [-0.1, -0.05) is 54.0 Å². The molecule has 1 aromatic heterocycles. The molecule has 0 radical (unpaired) electrons. The Balaban J connectivity index is 0.000000292. The topological polar surface area (TPSA) is 69.7 Å². The Morgan fingerprint density at radius 2 is 1.87 bits per heavy atom. The summed E-state index contributed by atoms with van der Waals surface area (Å²) < 4.78 is 6.01. The molecule has 1 aliphatic carbocycles. The van der Waals surface area contributed by atoms with Crippen molar-refractivity contribution in [3.8, 4) is 5.75 Å². The smallest absolute Gasteiger partial charge is 0.210 e. The van der Waals surface area contributed by atoms with Crippen LogP contribution in [0, 0.1) is 6.92 Å². The first-order chi connectivity index (χ1) is 19.0. The van der Waals surface area contributed by atoms with Crippen LogP contribution in [-0.2, 0) is 11.2 Å². The highest BCUT2D eigenvalue weighted by molar-refractivity contribution is 5.88. The minimum atomic E-state index is -0.273. The summed E-state index contributed by atoms with van der Waals surface area (Å²) in [7, 11) is 0. The molecule has 1 amide bonds. The standard InChI is InChI=1S/C24H24N4O2.C9H14/c1-15-3-8-21-20(13-15)19-9-12-28(14-29)23(22(19)27-21)17-4-6-18(7-5-17)30-24-16(2)25-10-11-26-24;1-3-9-6-4-8(2)5-7-9/h3-8,10-11,13-14,23-24,26-27H,9,12H2,1-2H3;4,6H,3,5,7H2,1-2H3. The number of hydrogen-bond donors (Lipinski definition) is 2. The lowest BCUT2D eigenvalue weighted by atomic mass is 9.92. The minimum Gasteiger partial charge on any atom is -0.465 e. The summed E-state index contributed by atoms with van der Waals surface area (Å²) in [5.41, 5.74) is 9.82. The zero-order chi connectivity index (χ0) is 27.4. The van der Waals surface area contributed by atoms with E-state index in [1.807, 2.05) is 36.1 Å². The second kappa shape index (κ2) is 11.8. The second-order valence-electron chi connectivity index (χ2n) is 10.6. The fourth-order valence-electron chi connectivity index (χ4n) is 5.43. The highest BCUT2D eigenvalue weighted by Crippen LogP contribution is 2.38. The number of aliphatic imine (C=N–C) groups is 1. The third-order valence-corrected chi connectivity index (χ3v) is 7.78. The van der Waals surface area contributed by atoms with Crippen molar-refractivity contribution in [2.75, 3.05) is 6.54 Å². The molecule has 0 saturated heterocycles. The molecule has 2 atom stereocenters. The molecule has 3 aromatic rings. The number of amides is 1. The summed E-state index contributed by atoms with van der Waals surface area (Å²) in [6.45, 7) is 9.16. The maximum atomic E-state index is 11.8. The minimum absolute atomic E-state index is 0.132. The maximum absolute atomic E-state index is 11.8. The molecule has 2 N–H and O–H groups in total. The molecule has 0 saturated carbocycles. The third-order valence-electron chi connectivity index (χ3n) is 7.78. The number of ether oxygens (including phenoxy) is 1. The van der Waals surface area contributed by atoms with Crippen LogP contribution >= 0.6 is 0 Å². The van der Waals surface area contributed by atoms with Crippen molar-refractivity contribution in [2.45, 2.75) is 65.6 Å². The predicted molar refractivity (Wildman–Crippen MR) is 159 cm³/mol. The number of aromatic amines is 1. The van der Waals surface area contributed by atoms with Crippen molar-refractivity contribution < 1.29 is 9.53 Å². The normalized spacial score (nSPS) is 20.1. The van der Waals surface area contributed by atoms with E-state index >= 15 is 0 Å². The Bertz CT molecular complexity index is 1460. The molecule has 39 heavy (non-hydrogen) atoms. The fourth-order valence-corrected chi connectivity index (χ4v) is 5.43. The Hall–Kier alpha value is -4.06. The van der Waals surface area contributed by atoms with Crippen LogP contribution in [0.4, 0.5) is 0 Å². The second-order valence-corrected chi connectivity index (χ2v) is 10.6. The Morgan fingerprint density at radius 1 is 1.05 bits per heavy atom. The van der Waals surface area contributed by atoms with Gasteiger partial charge < -0.3 is 19.9 Å². The summed E-state index contributed by atoms with van der Waals surface area (Å²) in [4.78, 5) is 21.6. The van der Waals surface area contributed by atoms with Crippen LogP contribution in [0.1, 0.15) is 68.5 Å². The fraction of sp³-hybridized carbons (Fsp3) is 0.333. The molecule has 3 heterocycles. The van der Waals surface area contributed by atoms with Gasteiger partial charge in [-0.25, -0.2) is 0 Å². The average Bonchev–Trinajstić information content (AvgIpc) is 3.33. The van der Waals surface area contributed by atoms with Crippen LogP contribution in [0.2, 0.25) is 0 Å². The summed E-state index contributed by atoms with van der Waals surface area (Å²) >= 11 is 0. The largest absolute Gasteiger partial charge is 0.465 e. The van der Waals surface area contributed by atoms with E-state index in [4.69, 9.17) is 4.74 Å². The van der Waals surface area contributed by atoms with Crippen molar-refractivity contribution in [1.82, 2.24) is 15.2 Å². The molecule has 202 valence electrons. The van der Waals surface area contributed by atoms with E-state index in [1.165, 1.54) is 41.3 Å². The molecule has 2 aliphatic heterocycles. The summed E-state index contributed by atoms with van der Waals surface area (Å²) in [6.07, 6.45) is 13.3. The van der Waals surface area contributed by atoms with E-state index in [9.17, 15) is 4.79 Å². The Morgan fingerprint density at radius 3 is 2.56 bits per heavy atom. The van der Waals surface area contributed by atoms with Crippen molar-refractivity contribution in [3.63, 3.8) is 0 Å². The van der Waals surface area contributed by atoms with Gasteiger partial charge in [-0.3, -0.25) is 9.79 Å². The number of rotatable bonds is 5. The first-order valence-electron chi connectivity index (χ1n) is 13.9. The highest BCUT2D eigenvalue weighted by atomic mass is 16.5. The van der Waals surface area contributed by atoms with Gasteiger partial charge in [-0.2, -0.15) is 0 Å². The zero-order valence-electron chi connectivity index (χ0n) is 23.3. The number of hydrogen-bond acceptors (Lipinski definition) is 4. The number of aryl methyl sites for hydroxylation is 1. The number of H-pyrrole nitrogens is 1. The van der Waals surface area contributed by atoms with Gasteiger partial charge >= 0.3 is 0 Å². The van der Waals surface area contributed by atoms with Crippen LogP contribution in [0.5, 0.6) is 5.75 Å². The lowest BCUT2D eigenvalue weighted by Crippen LogP contribution is -2.38. The van der Waals surface area contributed by atoms with E-state index in [0.717, 1.165) is 41.1 Å². The maximum Gasteiger partial charge on any atom is 0.210 e. The molecule has 0 fully saturated rings. The number of nitrogens with zero attached hydrogens (tertiary/aromatic N) is 2. The third kappa shape index (κ3) is 5.85. The van der Waals surface area contributed by atoms with E-state index in [2.05, 4.69) is 66.4 Å². The number of fused-ring (bicyclic) bond motifs is 3. The molecule has 2 unspecified atom stereocenters. The summed E-state index contributed by atoms with van der Waals surface area (Å²) in [5, 5.41) is 4.41. The molecule has 0 spiro atoms. The van der Waals surface area contributed by atoms with Crippen molar-refractivity contribution in [1.29, 1.82) is 0 Å². The lowest BCUT2D eigenvalue weighted by molar-refractivity contribution is -0.120. The molecule has 6 heteroatoms. The molecule has 3 aliphatic rings. The lowest BCUT2D eigenvalue weighted by Gasteiger charge is -2.33. The SMILES string of the molecule is CC1=NC=CNC1Oc1ccc(C2c3[nH]c4ccc(C)cc4c3CCN2C=O)cc1.CCC1=CC=C(C)CC1. The molecule has 6 nitrogen and oxygen atoms in total. The quantitative estimate of drug-likeness (QED) is 0.359. The molecule has 0 bridgehead atoms. The first-order valence-corrected chi connectivity index (χ1v) is 13.9. The van der Waals surface area contributed by atoms with Crippen LogP contribution < -0.4 is 10.1 Å². The van der Waals surface area contributed by atoms with Crippen LogP contribution in [0.3, 0.4) is 0 Å². The van der Waals surface area contributed by atoms with E-state index in [0.29, 0.717) is 6.54 Å². The zero-order valence-corrected chi connectivity index (χ0v) is 23.3. The molecule has 2 aromatic carbocycles. The molecular formula is C33H38N4O2. The summed E-state index contributed by atoms with van der Waals surface area (Å²) in [5.74, 6) is 0.752. The van der Waals surface area contributed by atoms with E-state index < -0.39 is 0 Å². The molecular weight excluding hydrogens is 484 g/mol. The Labute approximate surface area is 231 Å². The van der Waals surface area contributed by atoms with Gasteiger partial charge in [0.15, 0.2) is 0 Å². The number of carbonyl (C=O) groups is 1. The highest BCUT2D eigenvalue weighted by Gasteiger charge is 2.31. The van der Waals surface area contributed by atoms with Gasteiger partial charge in [0, 0.05) is 35.5 Å². The number of benzene rings is 2. The van der Waals surface area contributed by atoms with Gasteiger partial charge in [0.1, 0.15) is 5.75 Å². The summed E-state index contributed by atoms with van der Waals surface area (Å²) in [6, 6.07) is 14.3. The number of carbonyl (C=O) groups excluding carboxylic acids is 1. The van der Waals surface area contributed by atoms with Gasteiger partial charge in [-0.15, -0.1) is 0 Å². The van der Waals surface area contributed by atoms with Gasteiger partial charge in [0.05, 0.1) is 11.8 Å². The van der Waals surface area contributed by atoms with Crippen molar-refractivity contribution in [2.24, 2.45) is 4.99 Å². The van der Waals surface area contributed by atoms with Crippen molar-refractivity contribution >= 4 is 23.0 Å². The monoisotopic (exact) mass is 522 g/mol. The van der Waals surface area contributed by atoms with E-state index in [1.54, 1.807) is 18.0 Å². The first kappa shape index (κ1) is 26.5.